The Morgan fingerprint density at radius 1 is 1.78 bits per heavy atom. The minimum atomic E-state index is -0.0671. The van der Waals surface area contributed by atoms with Crippen LogP contribution in [0.3, 0.4) is 0 Å². The van der Waals surface area contributed by atoms with Crippen molar-refractivity contribution in [3.63, 3.8) is 0 Å². The number of nitriles is 1. The molecule has 0 rings (SSSR count). The van der Waals surface area contributed by atoms with Gasteiger partial charge in [0.2, 0.25) is 0 Å². The minimum absolute atomic E-state index is 0.0671. The van der Waals surface area contributed by atoms with Crippen molar-refractivity contribution in [1.82, 2.24) is 0 Å². The number of hydrogen-bond donors (Lipinski definition) is 0. The first kappa shape index (κ1) is 8.16. The Kier molecular flexibility index (Phi) is 3.70. The summed E-state index contributed by atoms with van der Waals surface area (Å²) in [7, 11) is 0. The fraction of sp³-hybridized carbons (Fsp3) is 0.714. The van der Waals surface area contributed by atoms with E-state index < -0.39 is 0 Å². The number of carbonyl (C=O) groups is 1. The maximum absolute atomic E-state index is 10.4. The van der Waals surface area contributed by atoms with Gasteiger partial charge in [-0.25, -0.2) is 0 Å². The van der Waals surface area contributed by atoms with Crippen molar-refractivity contribution in [1.29, 1.82) is 5.26 Å². The average molecular weight is 125 g/mol. The lowest BCUT2D eigenvalue weighted by atomic mass is 10.0. The summed E-state index contributed by atoms with van der Waals surface area (Å²) >= 11 is 0. The molecule has 0 saturated heterocycles. The highest BCUT2D eigenvalue weighted by Gasteiger charge is 2.05. The van der Waals surface area contributed by atoms with Gasteiger partial charge in [-0.3, -0.25) is 4.79 Å². The zero-order valence-electron chi connectivity index (χ0n) is 5.85. The van der Waals surface area contributed by atoms with E-state index in [4.69, 9.17) is 5.26 Å². The highest BCUT2D eigenvalue weighted by Crippen LogP contribution is 2.05. The predicted molar refractivity (Wildman–Crippen MR) is 34.7 cm³/mol. The molecule has 50 valence electrons. The molecule has 0 unspecified atom stereocenters. The molecular weight excluding hydrogens is 114 g/mol. The minimum Gasteiger partial charge on any atom is -0.300 e. The summed E-state index contributed by atoms with van der Waals surface area (Å²) in [4.78, 5) is 10.4. The van der Waals surface area contributed by atoms with Gasteiger partial charge in [-0.05, 0) is 13.3 Å². The van der Waals surface area contributed by atoms with Gasteiger partial charge in [-0.1, -0.05) is 6.92 Å². The van der Waals surface area contributed by atoms with E-state index in [1.165, 1.54) is 6.92 Å². The van der Waals surface area contributed by atoms with Gasteiger partial charge in [-0.15, -0.1) is 0 Å². The van der Waals surface area contributed by atoms with Crippen LogP contribution in [0.1, 0.15) is 26.7 Å². The molecule has 0 amide bonds. The summed E-state index contributed by atoms with van der Waals surface area (Å²) < 4.78 is 0. The summed E-state index contributed by atoms with van der Waals surface area (Å²) in [5, 5.41) is 8.37. The summed E-state index contributed by atoms with van der Waals surface area (Å²) in [6, 6.07) is 2.06. The van der Waals surface area contributed by atoms with Crippen LogP contribution in [0.4, 0.5) is 0 Å². The monoisotopic (exact) mass is 125 g/mol. The molecule has 0 bridgehead atoms. The Morgan fingerprint density at radius 3 is 2.44 bits per heavy atom. The van der Waals surface area contributed by atoms with Gasteiger partial charge < -0.3 is 0 Å². The lowest BCUT2D eigenvalue weighted by Gasteiger charge is -1.98. The molecule has 0 aliphatic carbocycles. The van der Waals surface area contributed by atoms with Gasteiger partial charge in [0, 0.05) is 6.42 Å². The molecular formula is C7H11NO. The third kappa shape index (κ3) is 3.72. The molecule has 0 heterocycles. The zero-order valence-corrected chi connectivity index (χ0v) is 5.85. The van der Waals surface area contributed by atoms with E-state index >= 15 is 0 Å². The largest absolute Gasteiger partial charge is 0.300 e. The van der Waals surface area contributed by atoms with Crippen LogP contribution in [0, 0.1) is 17.2 Å². The average Bonchev–Trinajstić information content (AvgIpc) is 1.82. The zero-order chi connectivity index (χ0) is 7.28. The number of hydrogen-bond acceptors (Lipinski definition) is 2. The number of carbonyl (C=O) groups excluding carboxylic acids is 1. The van der Waals surface area contributed by atoms with E-state index in [9.17, 15) is 4.79 Å². The predicted octanol–water partition coefficient (Wildman–Crippen LogP) is 1.52. The van der Waals surface area contributed by atoms with E-state index in [1.807, 2.05) is 6.92 Å². The first-order chi connectivity index (χ1) is 4.20. The molecule has 0 fully saturated rings. The van der Waals surface area contributed by atoms with Crippen LogP contribution < -0.4 is 0 Å². The SMILES string of the molecule is CC[C@@H](C#N)CC(C)=O. The second-order valence-electron chi connectivity index (χ2n) is 2.14. The quantitative estimate of drug-likeness (QED) is 0.573. The van der Waals surface area contributed by atoms with Crippen LogP contribution in [0.25, 0.3) is 0 Å². The first-order valence-electron chi connectivity index (χ1n) is 3.09. The lowest BCUT2D eigenvalue weighted by molar-refractivity contribution is -0.117. The van der Waals surface area contributed by atoms with Crippen LogP contribution in [0.2, 0.25) is 0 Å². The first-order valence-corrected chi connectivity index (χ1v) is 3.09. The summed E-state index contributed by atoms with van der Waals surface area (Å²) in [6.45, 7) is 3.43. The maximum atomic E-state index is 10.4. The highest BCUT2D eigenvalue weighted by molar-refractivity contribution is 5.75. The Labute approximate surface area is 55.5 Å². The van der Waals surface area contributed by atoms with E-state index in [0.29, 0.717) is 6.42 Å². The Morgan fingerprint density at radius 2 is 2.33 bits per heavy atom. The van der Waals surface area contributed by atoms with Crippen LogP contribution in [0.15, 0.2) is 0 Å². The Balaban J connectivity index is 3.60. The van der Waals surface area contributed by atoms with Gasteiger partial charge >= 0.3 is 0 Å². The van der Waals surface area contributed by atoms with E-state index in [2.05, 4.69) is 6.07 Å². The van der Waals surface area contributed by atoms with E-state index in [-0.39, 0.29) is 11.7 Å². The summed E-state index contributed by atoms with van der Waals surface area (Å²) in [5.41, 5.74) is 0. The Hall–Kier alpha value is -0.840. The molecule has 0 aromatic carbocycles. The van der Waals surface area contributed by atoms with Crippen LogP contribution in [-0.2, 0) is 4.79 Å². The lowest BCUT2D eigenvalue weighted by Crippen LogP contribution is -2.01. The standard InChI is InChI=1S/C7H11NO/c1-3-7(5-8)4-6(2)9/h7H,3-4H2,1-2H3/t7-/m1/s1. The van der Waals surface area contributed by atoms with Gasteiger partial charge in [0.05, 0.1) is 12.0 Å². The fourth-order valence-electron chi connectivity index (χ4n) is 0.628. The molecule has 2 nitrogen and oxygen atoms in total. The van der Waals surface area contributed by atoms with Crippen LogP contribution in [-0.4, -0.2) is 5.78 Å². The Bertz CT molecular complexity index is 134. The number of rotatable bonds is 3. The van der Waals surface area contributed by atoms with Crippen molar-refractivity contribution in [2.45, 2.75) is 26.7 Å². The van der Waals surface area contributed by atoms with Crippen molar-refractivity contribution in [3.05, 3.63) is 0 Å². The molecule has 9 heavy (non-hydrogen) atoms. The molecule has 0 saturated carbocycles. The summed E-state index contributed by atoms with van der Waals surface area (Å²) in [6.07, 6.45) is 1.18. The van der Waals surface area contributed by atoms with Crippen molar-refractivity contribution < 1.29 is 4.79 Å². The maximum Gasteiger partial charge on any atom is 0.131 e. The number of Topliss-reactive ketones (excluding diaryl/α,β-unsaturated/α-hetero) is 1. The van der Waals surface area contributed by atoms with E-state index in [1.54, 1.807) is 0 Å². The molecule has 0 N–H and O–H groups in total. The number of ketones is 1. The van der Waals surface area contributed by atoms with Crippen LogP contribution in [0.5, 0.6) is 0 Å². The summed E-state index contributed by atoms with van der Waals surface area (Å²) in [5.74, 6) is 0.0332. The van der Waals surface area contributed by atoms with Gasteiger partial charge in [0.1, 0.15) is 5.78 Å². The smallest absolute Gasteiger partial charge is 0.131 e. The molecule has 0 aromatic rings. The van der Waals surface area contributed by atoms with Gasteiger partial charge in [0.15, 0.2) is 0 Å². The van der Waals surface area contributed by atoms with Crippen molar-refractivity contribution in [3.8, 4) is 6.07 Å². The normalized spacial score (nSPS) is 12.1. The molecule has 0 aromatic heterocycles. The van der Waals surface area contributed by atoms with E-state index in [0.717, 1.165) is 6.42 Å². The molecule has 2 heteroatoms. The van der Waals surface area contributed by atoms with Gasteiger partial charge in [-0.2, -0.15) is 5.26 Å². The third-order valence-corrected chi connectivity index (χ3v) is 1.21. The molecule has 0 radical (unpaired) electrons. The molecule has 0 aliphatic rings. The van der Waals surface area contributed by atoms with Crippen molar-refractivity contribution >= 4 is 5.78 Å². The van der Waals surface area contributed by atoms with Gasteiger partial charge in [0.25, 0.3) is 0 Å². The second-order valence-corrected chi connectivity index (χ2v) is 2.14. The second kappa shape index (κ2) is 4.08. The third-order valence-electron chi connectivity index (χ3n) is 1.21. The molecule has 0 aliphatic heterocycles. The van der Waals surface area contributed by atoms with Crippen molar-refractivity contribution in [2.24, 2.45) is 5.92 Å². The fourth-order valence-corrected chi connectivity index (χ4v) is 0.628. The highest BCUT2D eigenvalue weighted by atomic mass is 16.1. The molecule has 1 atom stereocenters. The number of nitrogens with zero attached hydrogens (tertiary/aromatic N) is 1. The molecule has 0 spiro atoms. The van der Waals surface area contributed by atoms with Crippen molar-refractivity contribution in [2.75, 3.05) is 0 Å². The van der Waals surface area contributed by atoms with Crippen LogP contribution >= 0.6 is 0 Å². The topological polar surface area (TPSA) is 40.9 Å².